The highest BCUT2D eigenvalue weighted by Gasteiger charge is 2.34. The Morgan fingerprint density at radius 2 is 1.61 bits per heavy atom. The van der Waals surface area contributed by atoms with Crippen molar-refractivity contribution in [3.8, 4) is 0 Å². The summed E-state index contributed by atoms with van der Waals surface area (Å²) in [5, 5.41) is 5.86. The number of carbonyl (C=O) groups is 4. The molecular formula is C30H36N4O4. The van der Waals surface area contributed by atoms with Gasteiger partial charge in [0.15, 0.2) is 0 Å². The molecule has 2 saturated carbocycles. The van der Waals surface area contributed by atoms with Crippen LogP contribution in [0.1, 0.15) is 60.9 Å². The van der Waals surface area contributed by atoms with Gasteiger partial charge in [-0.2, -0.15) is 0 Å². The molecule has 8 heteroatoms. The van der Waals surface area contributed by atoms with Crippen LogP contribution in [-0.2, 0) is 20.8 Å². The predicted octanol–water partition coefficient (Wildman–Crippen LogP) is 4.08. The van der Waals surface area contributed by atoms with E-state index in [0.29, 0.717) is 29.5 Å². The van der Waals surface area contributed by atoms with E-state index in [1.807, 2.05) is 36.2 Å². The summed E-state index contributed by atoms with van der Waals surface area (Å²) in [6.45, 7) is 1.21. The zero-order valence-electron chi connectivity index (χ0n) is 21.9. The van der Waals surface area contributed by atoms with Crippen molar-refractivity contribution in [2.24, 2.45) is 11.8 Å². The molecule has 3 fully saturated rings. The Labute approximate surface area is 223 Å². The quantitative estimate of drug-likeness (QED) is 0.552. The maximum atomic E-state index is 13.0. The van der Waals surface area contributed by atoms with E-state index in [2.05, 4.69) is 10.6 Å². The molecule has 4 amide bonds. The number of hydrogen-bond acceptors (Lipinski definition) is 4. The van der Waals surface area contributed by atoms with Gasteiger partial charge in [0, 0.05) is 49.0 Å². The summed E-state index contributed by atoms with van der Waals surface area (Å²) in [4.78, 5) is 54.4. The third kappa shape index (κ3) is 6.23. The van der Waals surface area contributed by atoms with Gasteiger partial charge in [-0.25, -0.2) is 0 Å². The summed E-state index contributed by atoms with van der Waals surface area (Å²) in [5.41, 5.74) is 2.66. The molecule has 8 nitrogen and oxygen atoms in total. The third-order valence-corrected chi connectivity index (χ3v) is 7.95. The maximum absolute atomic E-state index is 13.0. The lowest BCUT2D eigenvalue weighted by Gasteiger charge is -2.36. The van der Waals surface area contributed by atoms with E-state index < -0.39 is 0 Å². The lowest BCUT2D eigenvalue weighted by Crippen LogP contribution is -2.47. The monoisotopic (exact) mass is 516 g/mol. The second-order valence-corrected chi connectivity index (χ2v) is 10.9. The van der Waals surface area contributed by atoms with Gasteiger partial charge in [-0.05, 0) is 80.5 Å². The summed E-state index contributed by atoms with van der Waals surface area (Å²) in [6, 6.07) is 14.6. The minimum atomic E-state index is -0.223. The SMILES string of the molecule is CN(C(=O)c1ccc(NC(=O)Cc2cccc(NC(=O)C3CCCN(C(=O)C4CCC4)C3)c2)cc1)C1CC1. The van der Waals surface area contributed by atoms with Crippen molar-refractivity contribution in [2.75, 3.05) is 30.8 Å². The molecule has 2 aromatic rings. The fourth-order valence-corrected chi connectivity index (χ4v) is 5.23. The highest BCUT2D eigenvalue weighted by Crippen LogP contribution is 2.30. The van der Waals surface area contributed by atoms with E-state index in [4.69, 9.17) is 0 Å². The Morgan fingerprint density at radius 3 is 2.29 bits per heavy atom. The molecule has 3 aliphatic rings. The summed E-state index contributed by atoms with van der Waals surface area (Å²) in [6.07, 6.45) is 6.93. The number of nitrogens with zero attached hydrogens (tertiary/aromatic N) is 2. The first-order valence-corrected chi connectivity index (χ1v) is 13.7. The van der Waals surface area contributed by atoms with E-state index >= 15 is 0 Å². The van der Waals surface area contributed by atoms with Crippen LogP contribution in [0.2, 0.25) is 0 Å². The molecule has 38 heavy (non-hydrogen) atoms. The Hall–Kier alpha value is -3.68. The molecule has 1 saturated heterocycles. The molecule has 0 spiro atoms. The van der Waals surface area contributed by atoms with E-state index in [1.165, 1.54) is 0 Å². The van der Waals surface area contributed by atoms with Gasteiger partial charge in [0.25, 0.3) is 5.91 Å². The van der Waals surface area contributed by atoms with Gasteiger partial charge in [-0.3, -0.25) is 19.2 Å². The molecule has 1 heterocycles. The van der Waals surface area contributed by atoms with Crippen molar-refractivity contribution in [1.82, 2.24) is 9.80 Å². The Balaban J connectivity index is 1.12. The smallest absolute Gasteiger partial charge is 0.253 e. The van der Waals surface area contributed by atoms with E-state index in [1.54, 1.807) is 29.2 Å². The van der Waals surface area contributed by atoms with Gasteiger partial charge in [0.2, 0.25) is 17.7 Å². The second-order valence-electron chi connectivity index (χ2n) is 10.9. The van der Waals surface area contributed by atoms with Gasteiger partial charge in [-0.1, -0.05) is 18.6 Å². The van der Waals surface area contributed by atoms with Crippen molar-refractivity contribution < 1.29 is 19.2 Å². The van der Waals surface area contributed by atoms with Crippen LogP contribution in [0.3, 0.4) is 0 Å². The van der Waals surface area contributed by atoms with Crippen molar-refractivity contribution in [3.05, 3.63) is 59.7 Å². The average molecular weight is 517 g/mol. The number of hydrogen-bond donors (Lipinski definition) is 2. The Bertz CT molecular complexity index is 1200. The number of nitrogens with one attached hydrogen (secondary N) is 2. The van der Waals surface area contributed by atoms with Crippen LogP contribution in [0.25, 0.3) is 0 Å². The molecule has 0 bridgehead atoms. The summed E-state index contributed by atoms with van der Waals surface area (Å²) >= 11 is 0. The molecule has 1 aliphatic heterocycles. The van der Waals surface area contributed by atoms with Crippen LogP contribution in [0.15, 0.2) is 48.5 Å². The maximum Gasteiger partial charge on any atom is 0.253 e. The Kier molecular flexibility index (Phi) is 7.77. The predicted molar refractivity (Wildman–Crippen MR) is 146 cm³/mol. The fraction of sp³-hybridized carbons (Fsp3) is 0.467. The average Bonchev–Trinajstić information content (AvgIpc) is 3.73. The largest absolute Gasteiger partial charge is 0.342 e. The van der Waals surface area contributed by atoms with Crippen LogP contribution in [0.5, 0.6) is 0 Å². The first-order chi connectivity index (χ1) is 18.4. The zero-order chi connectivity index (χ0) is 26.6. The molecule has 1 atom stereocenters. The van der Waals surface area contributed by atoms with Crippen molar-refractivity contribution in [3.63, 3.8) is 0 Å². The van der Waals surface area contributed by atoms with Crippen LogP contribution in [0.4, 0.5) is 11.4 Å². The van der Waals surface area contributed by atoms with Gasteiger partial charge in [0.05, 0.1) is 12.3 Å². The lowest BCUT2D eigenvalue weighted by molar-refractivity contribution is -0.141. The molecule has 2 aliphatic carbocycles. The molecule has 200 valence electrons. The van der Waals surface area contributed by atoms with Crippen molar-refractivity contribution >= 4 is 35.0 Å². The molecule has 2 N–H and O–H groups in total. The standard InChI is InChI=1S/C30H36N4O4/c1-33(26-14-15-26)29(37)22-10-12-24(13-11-22)31-27(35)18-20-5-2-9-25(17-20)32-28(36)23-8-4-16-34(19-23)30(38)21-6-3-7-21/h2,5,9-13,17,21,23,26H,3-4,6-8,14-16,18-19H2,1H3,(H,31,35)(H,32,36). The molecule has 0 radical (unpaired) electrons. The van der Waals surface area contributed by atoms with Crippen molar-refractivity contribution in [1.29, 1.82) is 0 Å². The normalized spacial score (nSPS) is 19.3. The van der Waals surface area contributed by atoms with E-state index in [-0.39, 0.29) is 41.9 Å². The molecular weight excluding hydrogens is 480 g/mol. The zero-order valence-corrected chi connectivity index (χ0v) is 21.9. The van der Waals surface area contributed by atoms with Crippen LogP contribution in [0, 0.1) is 11.8 Å². The number of anilines is 2. The third-order valence-electron chi connectivity index (χ3n) is 7.95. The van der Waals surface area contributed by atoms with Gasteiger partial charge in [0.1, 0.15) is 0 Å². The number of piperidine rings is 1. The van der Waals surface area contributed by atoms with Gasteiger partial charge < -0.3 is 20.4 Å². The molecule has 0 aromatic heterocycles. The highest BCUT2D eigenvalue weighted by molar-refractivity contribution is 5.97. The molecule has 2 aromatic carbocycles. The number of likely N-dealkylation sites (tertiary alicyclic amines) is 1. The minimum absolute atomic E-state index is 0.00450. The van der Waals surface area contributed by atoms with Crippen LogP contribution < -0.4 is 10.6 Å². The number of rotatable bonds is 8. The van der Waals surface area contributed by atoms with E-state index in [0.717, 1.165) is 57.1 Å². The van der Waals surface area contributed by atoms with Gasteiger partial charge >= 0.3 is 0 Å². The number of amides is 4. The Morgan fingerprint density at radius 1 is 0.868 bits per heavy atom. The van der Waals surface area contributed by atoms with Gasteiger partial charge in [-0.15, -0.1) is 0 Å². The topological polar surface area (TPSA) is 98.8 Å². The van der Waals surface area contributed by atoms with Crippen LogP contribution in [-0.4, -0.2) is 59.6 Å². The first-order valence-electron chi connectivity index (χ1n) is 13.7. The summed E-state index contributed by atoms with van der Waals surface area (Å²) in [5.74, 6) is -0.142. The highest BCUT2D eigenvalue weighted by atomic mass is 16.2. The molecule has 1 unspecified atom stereocenters. The number of benzene rings is 2. The number of carbonyl (C=O) groups excluding carboxylic acids is 4. The lowest BCUT2D eigenvalue weighted by atomic mass is 9.83. The summed E-state index contributed by atoms with van der Waals surface area (Å²) in [7, 11) is 1.83. The second kappa shape index (κ2) is 11.4. The van der Waals surface area contributed by atoms with Crippen LogP contribution >= 0.6 is 0 Å². The van der Waals surface area contributed by atoms with Crippen molar-refractivity contribution in [2.45, 2.75) is 57.4 Å². The fourth-order valence-electron chi connectivity index (χ4n) is 5.23. The first kappa shape index (κ1) is 25.9. The van der Waals surface area contributed by atoms with E-state index in [9.17, 15) is 19.2 Å². The molecule has 5 rings (SSSR count). The minimum Gasteiger partial charge on any atom is -0.342 e. The summed E-state index contributed by atoms with van der Waals surface area (Å²) < 4.78 is 0.